The van der Waals surface area contributed by atoms with Gasteiger partial charge in [0.2, 0.25) is 5.91 Å². The van der Waals surface area contributed by atoms with Crippen LogP contribution in [0.4, 0.5) is 21.9 Å². The number of nitrogens with one attached hydrogen (secondary N) is 1. The van der Waals surface area contributed by atoms with Gasteiger partial charge in [0.05, 0.1) is 17.1 Å². The number of likely N-dealkylation sites (N-methyl/N-ethyl adjacent to an activating group) is 2. The Hall–Kier alpha value is -2.97. The summed E-state index contributed by atoms with van der Waals surface area (Å²) in [7, 11) is 3.06. The van der Waals surface area contributed by atoms with Crippen molar-refractivity contribution in [1.29, 1.82) is 0 Å². The van der Waals surface area contributed by atoms with Crippen LogP contribution in [-0.2, 0) is 14.3 Å². The second-order valence-electron chi connectivity index (χ2n) is 7.40. The Bertz CT molecular complexity index is 772. The fourth-order valence-electron chi connectivity index (χ4n) is 2.58. The summed E-state index contributed by atoms with van der Waals surface area (Å²) in [6.07, 6.45) is -0.623. The van der Waals surface area contributed by atoms with Crippen LogP contribution in [0.3, 0.4) is 0 Å². The van der Waals surface area contributed by atoms with Crippen molar-refractivity contribution < 1.29 is 23.9 Å². The van der Waals surface area contributed by atoms with Crippen LogP contribution in [0.15, 0.2) is 12.1 Å². The Morgan fingerprint density at radius 1 is 1.37 bits per heavy atom. The summed E-state index contributed by atoms with van der Waals surface area (Å²) < 4.78 is 11.1. The molecule has 0 saturated heterocycles. The lowest BCUT2D eigenvalue weighted by Gasteiger charge is -2.30. The van der Waals surface area contributed by atoms with Crippen molar-refractivity contribution in [3.05, 3.63) is 12.1 Å². The number of benzene rings is 1. The number of carbonyl (C=O) groups is 3. The molecule has 2 rings (SSSR count). The minimum Gasteiger partial charge on any atom is -0.489 e. The van der Waals surface area contributed by atoms with Crippen molar-refractivity contribution in [2.75, 3.05) is 36.7 Å². The molecule has 9 heteroatoms. The lowest BCUT2D eigenvalue weighted by molar-refractivity contribution is -0.123. The maximum absolute atomic E-state index is 12.9. The van der Waals surface area contributed by atoms with Gasteiger partial charge in [0.1, 0.15) is 24.0 Å². The smallest absolute Gasteiger partial charge is 0.410 e. The summed E-state index contributed by atoms with van der Waals surface area (Å²) in [5, 5.41) is 2.62. The molecule has 0 spiro atoms. The van der Waals surface area contributed by atoms with Crippen LogP contribution in [0.25, 0.3) is 0 Å². The molecule has 3 N–H and O–H groups in total. The molecule has 1 aromatic carbocycles. The van der Waals surface area contributed by atoms with Crippen molar-refractivity contribution >= 4 is 35.0 Å². The third kappa shape index (κ3) is 4.60. The van der Waals surface area contributed by atoms with Crippen molar-refractivity contribution in [2.45, 2.75) is 39.3 Å². The molecule has 1 aromatic rings. The first kappa shape index (κ1) is 20.3. The SMILES string of the molecule is CC(=O)Nc1cc2c(cc1N)N(C)C(=O)[C@H](N(C)C(=O)OC(C)(C)C)CO2. The molecule has 1 aliphatic heterocycles. The summed E-state index contributed by atoms with van der Waals surface area (Å²) in [4.78, 5) is 39.1. The summed E-state index contributed by atoms with van der Waals surface area (Å²) in [6.45, 7) is 6.55. The molecule has 1 aliphatic rings. The van der Waals surface area contributed by atoms with Crippen LogP contribution in [0.2, 0.25) is 0 Å². The van der Waals surface area contributed by atoms with Crippen LogP contribution >= 0.6 is 0 Å². The third-order valence-electron chi connectivity index (χ3n) is 3.96. The zero-order chi connectivity index (χ0) is 20.5. The molecule has 0 unspecified atom stereocenters. The van der Waals surface area contributed by atoms with Gasteiger partial charge in [-0.3, -0.25) is 14.5 Å². The molecule has 1 heterocycles. The molecule has 0 saturated carbocycles. The molecular weight excluding hydrogens is 352 g/mol. The van der Waals surface area contributed by atoms with Gasteiger partial charge in [-0.15, -0.1) is 0 Å². The first-order valence-electron chi connectivity index (χ1n) is 8.48. The highest BCUT2D eigenvalue weighted by Crippen LogP contribution is 2.37. The molecule has 3 amide bonds. The zero-order valence-corrected chi connectivity index (χ0v) is 16.5. The molecule has 0 bridgehead atoms. The predicted octanol–water partition coefficient (Wildman–Crippen LogP) is 1.82. The zero-order valence-electron chi connectivity index (χ0n) is 16.5. The monoisotopic (exact) mass is 378 g/mol. The van der Waals surface area contributed by atoms with Gasteiger partial charge in [-0.25, -0.2) is 4.79 Å². The lowest BCUT2D eigenvalue weighted by atomic mass is 10.2. The van der Waals surface area contributed by atoms with Gasteiger partial charge >= 0.3 is 6.09 Å². The average molecular weight is 378 g/mol. The maximum atomic E-state index is 12.9. The van der Waals surface area contributed by atoms with Gasteiger partial charge in [0.25, 0.3) is 5.91 Å². The van der Waals surface area contributed by atoms with Gasteiger partial charge in [0.15, 0.2) is 0 Å². The number of nitrogens with two attached hydrogens (primary N) is 1. The van der Waals surface area contributed by atoms with Crippen LogP contribution in [0.1, 0.15) is 27.7 Å². The molecule has 9 nitrogen and oxygen atoms in total. The number of nitrogen functional groups attached to an aromatic ring is 1. The van der Waals surface area contributed by atoms with Crippen LogP contribution in [0, 0.1) is 0 Å². The van der Waals surface area contributed by atoms with Crippen molar-refractivity contribution in [3.63, 3.8) is 0 Å². The number of carbonyl (C=O) groups excluding carboxylic acids is 3. The molecule has 148 valence electrons. The standard InChI is InChI=1S/C18H26N4O5/c1-10(23)20-12-8-15-13(7-11(12)19)21(5)16(24)14(9-26-15)22(6)17(25)27-18(2,3)4/h7-8,14H,9,19H2,1-6H3,(H,20,23)/t14-/m1/s1. The van der Waals surface area contributed by atoms with Crippen molar-refractivity contribution in [2.24, 2.45) is 0 Å². The highest BCUT2D eigenvalue weighted by molar-refractivity contribution is 6.02. The van der Waals surface area contributed by atoms with Gasteiger partial charge in [-0.2, -0.15) is 0 Å². The third-order valence-corrected chi connectivity index (χ3v) is 3.96. The van der Waals surface area contributed by atoms with E-state index in [0.29, 0.717) is 22.8 Å². The van der Waals surface area contributed by atoms with E-state index in [9.17, 15) is 14.4 Å². The molecule has 0 aliphatic carbocycles. The number of hydrogen-bond donors (Lipinski definition) is 2. The number of nitrogens with zero attached hydrogens (tertiary/aromatic N) is 2. The quantitative estimate of drug-likeness (QED) is 0.759. The van der Waals surface area contributed by atoms with E-state index in [1.165, 1.54) is 23.8 Å². The summed E-state index contributed by atoms with van der Waals surface area (Å²) in [5.74, 6) is -0.236. The Kier molecular flexibility index (Phi) is 5.53. The lowest BCUT2D eigenvalue weighted by Crippen LogP contribution is -2.51. The fraction of sp³-hybridized carbons (Fsp3) is 0.500. The molecule has 0 radical (unpaired) electrons. The van der Waals surface area contributed by atoms with Gasteiger partial charge in [-0.05, 0) is 26.8 Å². The second kappa shape index (κ2) is 7.34. The predicted molar refractivity (Wildman–Crippen MR) is 102 cm³/mol. The Balaban J connectivity index is 2.30. The summed E-state index contributed by atoms with van der Waals surface area (Å²) in [6, 6.07) is 2.24. The van der Waals surface area contributed by atoms with Gasteiger partial charge in [0, 0.05) is 27.1 Å². The first-order valence-corrected chi connectivity index (χ1v) is 8.48. The van der Waals surface area contributed by atoms with E-state index in [1.807, 2.05) is 0 Å². The fourth-order valence-corrected chi connectivity index (χ4v) is 2.58. The molecule has 27 heavy (non-hydrogen) atoms. The number of ether oxygens (including phenoxy) is 2. The van der Waals surface area contributed by atoms with Crippen LogP contribution in [-0.4, -0.2) is 55.2 Å². The van der Waals surface area contributed by atoms with E-state index in [2.05, 4.69) is 5.32 Å². The number of anilines is 3. The largest absolute Gasteiger partial charge is 0.489 e. The Labute approximate surface area is 158 Å². The minimum atomic E-state index is -0.873. The van der Waals surface area contributed by atoms with Crippen LogP contribution < -0.4 is 20.7 Å². The van der Waals surface area contributed by atoms with E-state index in [4.69, 9.17) is 15.2 Å². The Morgan fingerprint density at radius 2 is 2.00 bits per heavy atom. The van der Waals surface area contributed by atoms with E-state index in [0.717, 1.165) is 0 Å². The van der Waals surface area contributed by atoms with Crippen molar-refractivity contribution in [1.82, 2.24) is 4.90 Å². The number of rotatable bonds is 2. The average Bonchev–Trinajstić information content (AvgIpc) is 2.64. The first-order chi connectivity index (χ1) is 12.4. The molecule has 0 fully saturated rings. The van der Waals surface area contributed by atoms with Gasteiger partial charge in [-0.1, -0.05) is 0 Å². The second-order valence-corrected chi connectivity index (χ2v) is 7.40. The Morgan fingerprint density at radius 3 is 2.56 bits per heavy atom. The minimum absolute atomic E-state index is 0.0602. The van der Waals surface area contributed by atoms with Gasteiger partial charge < -0.3 is 25.4 Å². The van der Waals surface area contributed by atoms with E-state index < -0.39 is 17.7 Å². The summed E-state index contributed by atoms with van der Waals surface area (Å²) >= 11 is 0. The number of amides is 3. The number of hydrogen-bond acceptors (Lipinski definition) is 6. The highest BCUT2D eigenvalue weighted by atomic mass is 16.6. The van der Waals surface area contributed by atoms with E-state index in [1.54, 1.807) is 40.0 Å². The number of fused-ring (bicyclic) bond motifs is 1. The summed E-state index contributed by atoms with van der Waals surface area (Å²) in [5.41, 5.74) is 6.42. The normalized spacial score (nSPS) is 16.7. The van der Waals surface area contributed by atoms with Crippen LogP contribution in [0.5, 0.6) is 5.75 Å². The molecule has 1 atom stereocenters. The molecule has 0 aromatic heterocycles. The highest BCUT2D eigenvalue weighted by Gasteiger charge is 2.36. The van der Waals surface area contributed by atoms with E-state index in [-0.39, 0.29) is 18.4 Å². The molecular formula is C18H26N4O5. The topological polar surface area (TPSA) is 114 Å². The van der Waals surface area contributed by atoms with E-state index >= 15 is 0 Å². The van der Waals surface area contributed by atoms with Crippen molar-refractivity contribution in [3.8, 4) is 5.75 Å². The maximum Gasteiger partial charge on any atom is 0.410 e.